The minimum absolute atomic E-state index is 0.100. The standard InChI is InChI=1S/C19H22N2O2S/c1-13-3-8-18(14(2)11-13)24-16-6-4-15(5-7-16)21-19(22)17-12-20-9-10-23-17/h3-8,11,17,20H,9-10,12H2,1-2H3,(H,21,22). The number of hydrogen-bond donors (Lipinski definition) is 2. The van der Waals surface area contributed by atoms with Gasteiger partial charge in [0.15, 0.2) is 0 Å². The zero-order valence-corrected chi connectivity index (χ0v) is 14.8. The highest BCUT2D eigenvalue weighted by Crippen LogP contribution is 2.31. The summed E-state index contributed by atoms with van der Waals surface area (Å²) in [7, 11) is 0. The van der Waals surface area contributed by atoms with E-state index in [4.69, 9.17) is 4.74 Å². The molecule has 1 fully saturated rings. The Morgan fingerprint density at radius 1 is 1.21 bits per heavy atom. The van der Waals surface area contributed by atoms with Gasteiger partial charge >= 0.3 is 0 Å². The van der Waals surface area contributed by atoms with Crippen molar-refractivity contribution in [1.82, 2.24) is 5.32 Å². The molecule has 0 saturated carbocycles. The van der Waals surface area contributed by atoms with E-state index in [0.29, 0.717) is 13.2 Å². The molecule has 1 heterocycles. The summed E-state index contributed by atoms with van der Waals surface area (Å²) in [5, 5.41) is 6.07. The number of amides is 1. The predicted octanol–water partition coefficient (Wildman–Crippen LogP) is 3.38. The van der Waals surface area contributed by atoms with Crippen LogP contribution in [0, 0.1) is 13.8 Å². The quantitative estimate of drug-likeness (QED) is 0.894. The van der Waals surface area contributed by atoms with Crippen molar-refractivity contribution >= 4 is 23.4 Å². The molecule has 0 bridgehead atoms. The fraction of sp³-hybridized carbons (Fsp3) is 0.316. The number of benzene rings is 2. The van der Waals surface area contributed by atoms with Crippen LogP contribution in [0.3, 0.4) is 0 Å². The molecule has 0 aromatic heterocycles. The number of nitrogens with one attached hydrogen (secondary N) is 2. The van der Waals surface area contributed by atoms with Crippen LogP contribution in [0.1, 0.15) is 11.1 Å². The van der Waals surface area contributed by atoms with E-state index in [1.807, 2.05) is 24.3 Å². The van der Waals surface area contributed by atoms with Crippen molar-refractivity contribution in [3.8, 4) is 0 Å². The third-order valence-electron chi connectivity index (χ3n) is 3.90. The van der Waals surface area contributed by atoms with Crippen molar-refractivity contribution in [2.24, 2.45) is 0 Å². The second-order valence-electron chi connectivity index (χ2n) is 5.95. The number of aryl methyl sites for hydroxylation is 2. The minimum atomic E-state index is -0.414. The highest BCUT2D eigenvalue weighted by molar-refractivity contribution is 7.99. The molecule has 0 aliphatic carbocycles. The number of anilines is 1. The van der Waals surface area contributed by atoms with Crippen LogP contribution in [-0.2, 0) is 9.53 Å². The van der Waals surface area contributed by atoms with E-state index in [1.54, 1.807) is 11.8 Å². The number of morpholine rings is 1. The van der Waals surface area contributed by atoms with Crippen molar-refractivity contribution < 1.29 is 9.53 Å². The van der Waals surface area contributed by atoms with Crippen LogP contribution in [0.15, 0.2) is 52.3 Å². The largest absolute Gasteiger partial charge is 0.366 e. The number of carbonyl (C=O) groups excluding carboxylic acids is 1. The molecule has 24 heavy (non-hydrogen) atoms. The summed E-state index contributed by atoms with van der Waals surface area (Å²) in [4.78, 5) is 14.5. The topological polar surface area (TPSA) is 50.4 Å². The molecule has 2 aromatic carbocycles. The molecule has 1 amide bonds. The Hall–Kier alpha value is -1.82. The van der Waals surface area contributed by atoms with Gasteiger partial charge in [0.05, 0.1) is 6.61 Å². The van der Waals surface area contributed by atoms with Gasteiger partial charge in [-0.15, -0.1) is 0 Å². The van der Waals surface area contributed by atoms with Gasteiger partial charge in [-0.3, -0.25) is 4.79 Å². The number of hydrogen-bond acceptors (Lipinski definition) is 4. The zero-order chi connectivity index (χ0) is 16.9. The van der Waals surface area contributed by atoms with Crippen LogP contribution < -0.4 is 10.6 Å². The molecule has 3 rings (SSSR count). The first-order chi connectivity index (χ1) is 11.6. The Labute approximate surface area is 147 Å². The van der Waals surface area contributed by atoms with Crippen molar-refractivity contribution in [1.29, 1.82) is 0 Å². The number of ether oxygens (including phenoxy) is 1. The monoisotopic (exact) mass is 342 g/mol. The lowest BCUT2D eigenvalue weighted by molar-refractivity contribution is -0.128. The van der Waals surface area contributed by atoms with Gasteiger partial charge in [-0.25, -0.2) is 0 Å². The van der Waals surface area contributed by atoms with Gasteiger partial charge in [0.1, 0.15) is 6.10 Å². The summed E-state index contributed by atoms with van der Waals surface area (Å²) >= 11 is 1.73. The average Bonchev–Trinajstić information content (AvgIpc) is 2.60. The minimum Gasteiger partial charge on any atom is -0.366 e. The molecule has 0 spiro atoms. The Morgan fingerprint density at radius 2 is 2.00 bits per heavy atom. The Balaban J connectivity index is 1.61. The van der Waals surface area contributed by atoms with E-state index in [1.165, 1.54) is 16.0 Å². The third kappa shape index (κ3) is 4.38. The summed E-state index contributed by atoms with van der Waals surface area (Å²) in [6.07, 6.45) is -0.414. The van der Waals surface area contributed by atoms with E-state index in [2.05, 4.69) is 42.7 Å². The molecule has 5 heteroatoms. The predicted molar refractivity (Wildman–Crippen MR) is 97.7 cm³/mol. The molecule has 4 nitrogen and oxygen atoms in total. The maximum absolute atomic E-state index is 12.1. The summed E-state index contributed by atoms with van der Waals surface area (Å²) in [6.45, 7) is 6.16. The molecule has 1 aliphatic heterocycles. The Kier molecular flexibility index (Phi) is 5.56. The fourth-order valence-electron chi connectivity index (χ4n) is 2.60. The summed E-state index contributed by atoms with van der Waals surface area (Å²) < 4.78 is 5.46. The normalized spacial score (nSPS) is 17.5. The van der Waals surface area contributed by atoms with Gasteiger partial charge in [0, 0.05) is 28.6 Å². The lowest BCUT2D eigenvalue weighted by Crippen LogP contribution is -2.45. The van der Waals surface area contributed by atoms with Crippen LogP contribution in [0.2, 0.25) is 0 Å². The molecule has 2 N–H and O–H groups in total. The number of rotatable bonds is 4. The first-order valence-electron chi connectivity index (χ1n) is 8.10. The molecule has 0 radical (unpaired) electrons. The third-order valence-corrected chi connectivity index (χ3v) is 5.09. The first-order valence-corrected chi connectivity index (χ1v) is 8.92. The van der Waals surface area contributed by atoms with Crippen molar-refractivity contribution in [3.63, 3.8) is 0 Å². The summed E-state index contributed by atoms with van der Waals surface area (Å²) in [6, 6.07) is 14.4. The Morgan fingerprint density at radius 3 is 2.67 bits per heavy atom. The van der Waals surface area contributed by atoms with Gasteiger partial charge in [-0.2, -0.15) is 0 Å². The molecule has 1 aliphatic rings. The van der Waals surface area contributed by atoms with Crippen LogP contribution in [0.5, 0.6) is 0 Å². The molecule has 1 atom stereocenters. The van der Waals surface area contributed by atoms with Gasteiger partial charge in [-0.1, -0.05) is 29.5 Å². The first kappa shape index (κ1) is 17.0. The van der Waals surface area contributed by atoms with Crippen molar-refractivity contribution in [3.05, 3.63) is 53.6 Å². The van der Waals surface area contributed by atoms with Crippen LogP contribution in [0.4, 0.5) is 5.69 Å². The molecular weight excluding hydrogens is 320 g/mol. The highest BCUT2D eigenvalue weighted by atomic mass is 32.2. The van der Waals surface area contributed by atoms with Crippen LogP contribution >= 0.6 is 11.8 Å². The maximum atomic E-state index is 12.1. The molecule has 126 valence electrons. The van der Waals surface area contributed by atoms with Gasteiger partial charge in [0.25, 0.3) is 5.91 Å². The van der Waals surface area contributed by atoms with E-state index >= 15 is 0 Å². The summed E-state index contributed by atoms with van der Waals surface area (Å²) in [5.74, 6) is -0.100. The molecule has 1 saturated heterocycles. The lowest BCUT2D eigenvalue weighted by atomic mass is 10.2. The molecule has 1 unspecified atom stereocenters. The van der Waals surface area contributed by atoms with Crippen LogP contribution in [0.25, 0.3) is 0 Å². The second kappa shape index (κ2) is 7.83. The smallest absolute Gasteiger partial charge is 0.254 e. The van der Waals surface area contributed by atoms with E-state index < -0.39 is 6.10 Å². The Bertz CT molecular complexity index is 710. The fourth-order valence-corrected chi connectivity index (χ4v) is 3.49. The second-order valence-corrected chi connectivity index (χ2v) is 7.06. The van der Waals surface area contributed by atoms with E-state index in [-0.39, 0.29) is 5.91 Å². The van der Waals surface area contributed by atoms with Crippen molar-refractivity contribution in [2.75, 3.05) is 25.0 Å². The molecular formula is C19H22N2O2S. The van der Waals surface area contributed by atoms with E-state index in [0.717, 1.165) is 17.1 Å². The zero-order valence-electron chi connectivity index (χ0n) is 14.0. The molecule has 2 aromatic rings. The van der Waals surface area contributed by atoms with Crippen LogP contribution in [-0.4, -0.2) is 31.7 Å². The van der Waals surface area contributed by atoms with Gasteiger partial charge in [0.2, 0.25) is 0 Å². The lowest BCUT2D eigenvalue weighted by Gasteiger charge is -2.22. The van der Waals surface area contributed by atoms with Gasteiger partial charge in [-0.05, 0) is 49.7 Å². The van der Waals surface area contributed by atoms with Crippen molar-refractivity contribution in [2.45, 2.75) is 29.7 Å². The highest BCUT2D eigenvalue weighted by Gasteiger charge is 2.21. The van der Waals surface area contributed by atoms with Gasteiger partial charge < -0.3 is 15.4 Å². The summed E-state index contributed by atoms with van der Waals surface area (Å²) in [5.41, 5.74) is 3.34. The number of carbonyl (C=O) groups is 1. The average molecular weight is 342 g/mol. The SMILES string of the molecule is Cc1ccc(Sc2ccc(NC(=O)C3CNCCO3)cc2)c(C)c1. The maximum Gasteiger partial charge on any atom is 0.254 e. The van der Waals surface area contributed by atoms with E-state index in [9.17, 15) is 4.79 Å².